The molecule has 40 heavy (non-hydrogen) atoms. The number of anilines is 1. The molecule has 2 aromatic rings. The summed E-state index contributed by atoms with van der Waals surface area (Å²) in [5.41, 5.74) is 3.55. The van der Waals surface area contributed by atoms with Crippen LogP contribution in [0.5, 0.6) is 5.75 Å². The fourth-order valence-electron chi connectivity index (χ4n) is 5.52. The third-order valence-corrected chi connectivity index (χ3v) is 10.3. The summed E-state index contributed by atoms with van der Waals surface area (Å²) in [5.74, 6) is 1.04. The number of aryl methyl sites for hydroxylation is 2. The lowest BCUT2D eigenvalue weighted by Crippen LogP contribution is -2.35. The van der Waals surface area contributed by atoms with Crippen molar-refractivity contribution >= 4 is 33.1 Å². The highest BCUT2D eigenvalue weighted by Crippen LogP contribution is 2.32. The van der Waals surface area contributed by atoms with Gasteiger partial charge in [-0.2, -0.15) is 0 Å². The molecule has 0 spiro atoms. The Morgan fingerprint density at radius 1 is 1.07 bits per heavy atom. The summed E-state index contributed by atoms with van der Waals surface area (Å²) in [6.07, 6.45) is 4.92. The Kier molecular flexibility index (Phi) is 11.9. The van der Waals surface area contributed by atoms with Crippen LogP contribution in [-0.2, 0) is 21.4 Å². The van der Waals surface area contributed by atoms with E-state index in [9.17, 15) is 13.2 Å². The minimum Gasteiger partial charge on any atom is -0.497 e. The van der Waals surface area contributed by atoms with E-state index in [1.165, 1.54) is 22.7 Å². The van der Waals surface area contributed by atoms with Gasteiger partial charge in [-0.3, -0.25) is 4.79 Å². The molecule has 1 saturated heterocycles. The first-order valence-electron chi connectivity index (χ1n) is 14.3. The summed E-state index contributed by atoms with van der Waals surface area (Å²) in [5, 5.41) is 0.780. The maximum atomic E-state index is 13.2. The third-order valence-electron chi connectivity index (χ3n) is 7.87. The number of halogens is 1. The number of methoxy groups -OCH3 is 1. The van der Waals surface area contributed by atoms with Gasteiger partial charge in [0.2, 0.25) is 10.0 Å². The minimum atomic E-state index is -3.71. The number of hydrogen-bond donors (Lipinski definition) is 0. The quantitative estimate of drug-likeness (QED) is 0.265. The highest BCUT2D eigenvalue weighted by molar-refractivity contribution is 7.89. The first-order chi connectivity index (χ1) is 19.0. The lowest BCUT2D eigenvalue weighted by Gasteiger charge is -2.34. The number of rotatable bonds is 14. The van der Waals surface area contributed by atoms with Gasteiger partial charge >= 0.3 is 0 Å². The lowest BCUT2D eigenvalue weighted by atomic mass is 9.90. The van der Waals surface area contributed by atoms with Crippen molar-refractivity contribution in [3.05, 3.63) is 52.0 Å². The van der Waals surface area contributed by atoms with Crippen LogP contribution in [0.1, 0.15) is 62.1 Å². The Morgan fingerprint density at radius 3 is 2.30 bits per heavy atom. The summed E-state index contributed by atoms with van der Waals surface area (Å²) in [6.45, 7) is 9.59. The van der Waals surface area contributed by atoms with E-state index in [-0.39, 0.29) is 23.6 Å². The number of carbonyl (C=O) groups excluding carboxylic acids is 1. The predicted molar refractivity (Wildman–Crippen MR) is 164 cm³/mol. The van der Waals surface area contributed by atoms with Crippen LogP contribution in [0.2, 0.25) is 5.02 Å². The maximum Gasteiger partial charge on any atom is 0.243 e. The molecule has 222 valence electrons. The van der Waals surface area contributed by atoms with Crippen LogP contribution in [0.3, 0.4) is 0 Å². The molecular formula is C31H46ClN3O4S. The van der Waals surface area contributed by atoms with Crippen LogP contribution in [-0.4, -0.2) is 70.8 Å². The number of Topliss-reactive ketones (excluding diaryl/α,β-unsaturated/α-hetero) is 1. The van der Waals surface area contributed by atoms with Crippen molar-refractivity contribution in [3.8, 4) is 5.75 Å². The fourth-order valence-corrected chi connectivity index (χ4v) is 7.42. The average Bonchev–Trinajstić information content (AvgIpc) is 2.90. The zero-order chi connectivity index (χ0) is 29.4. The molecule has 1 fully saturated rings. The van der Waals surface area contributed by atoms with Gasteiger partial charge in [-0.15, -0.1) is 0 Å². The van der Waals surface area contributed by atoms with Gasteiger partial charge in [-0.1, -0.05) is 31.0 Å². The fraction of sp³-hybridized carbons (Fsp3) is 0.581. The van der Waals surface area contributed by atoms with E-state index in [2.05, 4.69) is 42.0 Å². The van der Waals surface area contributed by atoms with Gasteiger partial charge in [0.15, 0.2) is 0 Å². The van der Waals surface area contributed by atoms with Crippen molar-refractivity contribution in [3.63, 3.8) is 0 Å². The van der Waals surface area contributed by atoms with Crippen molar-refractivity contribution in [2.75, 3.05) is 52.3 Å². The number of ether oxygens (including phenoxy) is 1. The van der Waals surface area contributed by atoms with E-state index in [4.69, 9.17) is 16.3 Å². The maximum absolute atomic E-state index is 13.2. The monoisotopic (exact) mass is 591 g/mol. The van der Waals surface area contributed by atoms with E-state index in [0.717, 1.165) is 49.7 Å². The Hall–Kier alpha value is -2.13. The number of hydrogen-bond acceptors (Lipinski definition) is 6. The molecular weight excluding hydrogens is 546 g/mol. The number of ketones is 1. The van der Waals surface area contributed by atoms with Crippen LogP contribution in [0.15, 0.2) is 35.2 Å². The van der Waals surface area contributed by atoms with Gasteiger partial charge in [0.1, 0.15) is 11.5 Å². The third kappa shape index (κ3) is 8.44. The zero-order valence-corrected chi connectivity index (χ0v) is 26.6. The molecule has 0 aliphatic carbocycles. The van der Waals surface area contributed by atoms with Gasteiger partial charge in [0, 0.05) is 46.1 Å². The molecule has 3 rings (SSSR count). The van der Waals surface area contributed by atoms with Crippen molar-refractivity contribution in [2.24, 2.45) is 5.92 Å². The van der Waals surface area contributed by atoms with Gasteiger partial charge in [0.05, 0.1) is 22.7 Å². The first-order valence-corrected chi connectivity index (χ1v) is 16.1. The molecule has 1 aliphatic rings. The van der Waals surface area contributed by atoms with Gasteiger partial charge in [0.25, 0.3) is 0 Å². The second-order valence-electron chi connectivity index (χ2n) is 11.2. The van der Waals surface area contributed by atoms with Crippen LogP contribution in [0.25, 0.3) is 0 Å². The van der Waals surface area contributed by atoms with Crippen LogP contribution in [0, 0.1) is 19.8 Å². The molecule has 0 N–H and O–H groups in total. The average molecular weight is 592 g/mol. The van der Waals surface area contributed by atoms with Crippen molar-refractivity contribution < 1.29 is 17.9 Å². The van der Waals surface area contributed by atoms with Gasteiger partial charge in [-0.25, -0.2) is 12.7 Å². The molecule has 7 nitrogen and oxygen atoms in total. The number of benzene rings is 2. The van der Waals surface area contributed by atoms with Crippen LogP contribution < -0.4 is 9.64 Å². The molecule has 0 unspecified atom stereocenters. The van der Waals surface area contributed by atoms with E-state index < -0.39 is 10.0 Å². The lowest BCUT2D eigenvalue weighted by molar-refractivity contribution is -0.120. The SMILES string of the molecule is CCCCN(C)Cc1ccc(N2CCC(CC(=O)CCN(C)S(=O)(=O)c3c(C)cc(OC)cc3C)CC2)c(Cl)c1. The Bertz CT molecular complexity index is 1240. The molecule has 0 amide bonds. The van der Waals surface area contributed by atoms with E-state index >= 15 is 0 Å². The van der Waals surface area contributed by atoms with Crippen LogP contribution in [0.4, 0.5) is 5.69 Å². The molecule has 1 heterocycles. The van der Waals surface area contributed by atoms with Gasteiger partial charge in [-0.05, 0) is 93.6 Å². The molecule has 0 radical (unpaired) electrons. The smallest absolute Gasteiger partial charge is 0.243 e. The Morgan fingerprint density at radius 2 is 1.73 bits per heavy atom. The number of unbranched alkanes of at least 4 members (excludes halogenated alkanes) is 1. The van der Waals surface area contributed by atoms with Gasteiger partial charge < -0.3 is 14.5 Å². The molecule has 0 saturated carbocycles. The summed E-state index contributed by atoms with van der Waals surface area (Å²) in [7, 11) is 1.54. The predicted octanol–water partition coefficient (Wildman–Crippen LogP) is 6.08. The molecule has 0 bridgehead atoms. The first kappa shape index (κ1) is 32.4. The molecule has 2 aromatic carbocycles. The standard InChI is InChI=1S/C31H46ClN3O4S/c1-7-8-14-33(4)22-26-9-10-30(29(32)21-26)35-16-11-25(12-17-35)20-27(36)13-15-34(5)40(37,38)31-23(2)18-28(39-6)19-24(31)3/h9-10,18-19,21,25H,7-8,11-17,20,22H2,1-6H3. The number of nitrogens with zero attached hydrogens (tertiary/aromatic N) is 3. The second-order valence-corrected chi connectivity index (χ2v) is 13.6. The highest BCUT2D eigenvalue weighted by atomic mass is 35.5. The molecule has 1 aliphatic heterocycles. The second kappa shape index (κ2) is 14.7. The largest absolute Gasteiger partial charge is 0.497 e. The van der Waals surface area contributed by atoms with E-state index in [1.54, 1.807) is 40.1 Å². The summed E-state index contributed by atoms with van der Waals surface area (Å²) in [6, 6.07) is 9.81. The number of piperidine rings is 1. The minimum absolute atomic E-state index is 0.109. The van der Waals surface area contributed by atoms with Crippen molar-refractivity contribution in [1.29, 1.82) is 0 Å². The van der Waals surface area contributed by atoms with Crippen LogP contribution >= 0.6 is 11.6 Å². The van der Waals surface area contributed by atoms with Crippen molar-refractivity contribution in [1.82, 2.24) is 9.21 Å². The zero-order valence-electron chi connectivity index (χ0n) is 25.0. The molecule has 9 heteroatoms. The number of carbonyl (C=O) groups is 1. The topological polar surface area (TPSA) is 70.2 Å². The Labute approximate surface area is 246 Å². The number of sulfonamides is 1. The highest BCUT2D eigenvalue weighted by Gasteiger charge is 2.27. The van der Waals surface area contributed by atoms with E-state index in [1.807, 2.05) is 0 Å². The van der Waals surface area contributed by atoms with Crippen molar-refractivity contribution in [2.45, 2.75) is 70.7 Å². The summed E-state index contributed by atoms with van der Waals surface area (Å²) >= 11 is 6.68. The Balaban J connectivity index is 1.48. The van der Waals surface area contributed by atoms with E-state index in [0.29, 0.717) is 29.2 Å². The normalized spacial score (nSPS) is 14.8. The molecule has 0 atom stereocenters. The molecule has 0 aromatic heterocycles. The summed E-state index contributed by atoms with van der Waals surface area (Å²) < 4.78 is 33.0. The summed E-state index contributed by atoms with van der Waals surface area (Å²) in [4.78, 5) is 17.7.